The van der Waals surface area contributed by atoms with E-state index in [0.29, 0.717) is 11.4 Å². The molecule has 0 radical (unpaired) electrons. The second-order valence-corrected chi connectivity index (χ2v) is 7.55. The molecule has 26 heavy (non-hydrogen) atoms. The molecule has 2 aliphatic carbocycles. The third-order valence-electron chi connectivity index (χ3n) is 5.59. The van der Waals surface area contributed by atoms with Gasteiger partial charge in [0.25, 0.3) is 5.91 Å². The Labute approximate surface area is 153 Å². The largest absolute Gasteiger partial charge is 0.345 e. The van der Waals surface area contributed by atoms with Crippen LogP contribution in [0.3, 0.4) is 0 Å². The van der Waals surface area contributed by atoms with Crippen LogP contribution in [-0.2, 0) is 0 Å². The first kappa shape index (κ1) is 16.7. The Morgan fingerprint density at radius 2 is 2.12 bits per heavy atom. The number of rotatable bonds is 2. The smallest absolute Gasteiger partial charge is 0.270 e. The van der Waals surface area contributed by atoms with Gasteiger partial charge in [-0.3, -0.25) is 9.78 Å². The second-order valence-electron chi connectivity index (χ2n) is 7.55. The van der Waals surface area contributed by atoms with Crippen molar-refractivity contribution < 1.29 is 4.79 Å². The number of nitrogens with zero attached hydrogens (tertiary/aromatic N) is 3. The van der Waals surface area contributed by atoms with Crippen LogP contribution in [-0.4, -0.2) is 26.4 Å². The van der Waals surface area contributed by atoms with Crippen LogP contribution in [0, 0.1) is 24.2 Å². The van der Waals surface area contributed by atoms with E-state index in [0.717, 1.165) is 44.2 Å². The summed E-state index contributed by atoms with van der Waals surface area (Å²) >= 11 is 0. The summed E-state index contributed by atoms with van der Waals surface area (Å²) in [5.41, 5.74) is 1.88. The molecular formula is C21H22N4O. The molecule has 0 aromatic carbocycles. The van der Waals surface area contributed by atoms with Crippen LogP contribution in [0.4, 0.5) is 0 Å². The molecule has 4 rings (SSSR count). The van der Waals surface area contributed by atoms with Gasteiger partial charge in [-0.1, -0.05) is 12.0 Å². The maximum absolute atomic E-state index is 12.7. The molecule has 5 nitrogen and oxygen atoms in total. The fourth-order valence-corrected chi connectivity index (χ4v) is 4.37. The fraction of sp³-hybridized carbons (Fsp3) is 0.429. The number of fused-ring (bicyclic) bond motifs is 2. The van der Waals surface area contributed by atoms with Gasteiger partial charge in [0.15, 0.2) is 0 Å². The van der Waals surface area contributed by atoms with Crippen molar-refractivity contribution in [1.82, 2.24) is 20.3 Å². The maximum Gasteiger partial charge on any atom is 0.270 e. The average molecular weight is 346 g/mol. The molecule has 2 heterocycles. The lowest BCUT2D eigenvalue weighted by atomic mass is 9.73. The highest BCUT2D eigenvalue weighted by molar-refractivity contribution is 5.92. The van der Waals surface area contributed by atoms with Crippen molar-refractivity contribution in [1.29, 1.82) is 0 Å². The minimum Gasteiger partial charge on any atom is -0.345 e. The summed E-state index contributed by atoms with van der Waals surface area (Å²) in [6, 6.07) is 5.55. The molecule has 2 bridgehead atoms. The zero-order valence-electron chi connectivity index (χ0n) is 15.0. The molecule has 2 saturated carbocycles. The van der Waals surface area contributed by atoms with Crippen LogP contribution in [0.25, 0.3) is 0 Å². The Hall–Kier alpha value is -2.74. The summed E-state index contributed by atoms with van der Waals surface area (Å²) in [5.74, 6) is 6.59. The van der Waals surface area contributed by atoms with E-state index < -0.39 is 0 Å². The summed E-state index contributed by atoms with van der Waals surface area (Å²) < 4.78 is 0. The molecule has 0 spiro atoms. The van der Waals surface area contributed by atoms with Crippen LogP contribution in [0.15, 0.2) is 36.8 Å². The van der Waals surface area contributed by atoms with E-state index in [1.807, 2.05) is 19.1 Å². The standard InChI is InChI=1S/C21H22N4O/c1-16-4-2-5-18(24-16)19(26)25-21-8-3-7-20(15-21,10-11-21)9-6-17-14-22-12-13-23-17/h2,4-5,12-14H,3,7-8,10-11,15H2,1H3,(H,25,26)/t20?,21-/m1/s1. The van der Waals surface area contributed by atoms with Gasteiger partial charge in [-0.2, -0.15) is 0 Å². The lowest BCUT2D eigenvalue weighted by molar-refractivity contribution is 0.0866. The van der Waals surface area contributed by atoms with Crippen molar-refractivity contribution in [2.24, 2.45) is 5.41 Å². The van der Waals surface area contributed by atoms with Gasteiger partial charge in [0.1, 0.15) is 11.4 Å². The highest BCUT2D eigenvalue weighted by Crippen LogP contribution is 2.53. The van der Waals surface area contributed by atoms with Crippen molar-refractivity contribution in [3.8, 4) is 11.8 Å². The normalized spacial score (nSPS) is 26.7. The number of hydrogen-bond acceptors (Lipinski definition) is 4. The van der Waals surface area contributed by atoms with Gasteiger partial charge in [-0.05, 0) is 63.5 Å². The molecule has 2 aliphatic rings. The van der Waals surface area contributed by atoms with Gasteiger partial charge >= 0.3 is 0 Å². The molecular weight excluding hydrogens is 324 g/mol. The van der Waals surface area contributed by atoms with E-state index in [2.05, 4.69) is 32.1 Å². The maximum atomic E-state index is 12.7. The minimum absolute atomic E-state index is 0.0247. The topological polar surface area (TPSA) is 67.8 Å². The summed E-state index contributed by atoms with van der Waals surface area (Å²) in [6.07, 6.45) is 11.1. The molecule has 0 aliphatic heterocycles. The lowest BCUT2D eigenvalue weighted by Gasteiger charge is -2.37. The lowest BCUT2D eigenvalue weighted by Crippen LogP contribution is -2.49. The zero-order chi connectivity index (χ0) is 18.0. The first-order valence-electron chi connectivity index (χ1n) is 9.14. The fourth-order valence-electron chi connectivity index (χ4n) is 4.37. The second kappa shape index (κ2) is 6.53. The van der Waals surface area contributed by atoms with Crippen LogP contribution in [0.5, 0.6) is 0 Å². The Morgan fingerprint density at radius 3 is 2.92 bits per heavy atom. The third-order valence-corrected chi connectivity index (χ3v) is 5.59. The molecule has 2 fully saturated rings. The number of aryl methyl sites for hydroxylation is 1. The van der Waals surface area contributed by atoms with Gasteiger partial charge in [-0.25, -0.2) is 9.97 Å². The number of carbonyl (C=O) groups excluding carboxylic acids is 1. The van der Waals surface area contributed by atoms with Crippen molar-refractivity contribution in [2.45, 2.75) is 51.0 Å². The van der Waals surface area contributed by atoms with Crippen molar-refractivity contribution >= 4 is 5.91 Å². The van der Waals surface area contributed by atoms with Gasteiger partial charge in [0.2, 0.25) is 0 Å². The highest BCUT2D eigenvalue weighted by atomic mass is 16.2. The highest BCUT2D eigenvalue weighted by Gasteiger charge is 2.51. The Morgan fingerprint density at radius 1 is 1.19 bits per heavy atom. The Balaban J connectivity index is 1.52. The minimum atomic E-state index is -0.155. The average Bonchev–Trinajstić information content (AvgIpc) is 2.91. The van der Waals surface area contributed by atoms with Gasteiger partial charge < -0.3 is 5.32 Å². The van der Waals surface area contributed by atoms with Crippen LogP contribution in [0.1, 0.15) is 60.4 Å². The number of hydrogen-bond donors (Lipinski definition) is 1. The molecule has 0 saturated heterocycles. The van der Waals surface area contributed by atoms with Crippen LogP contribution >= 0.6 is 0 Å². The van der Waals surface area contributed by atoms with E-state index in [1.165, 1.54) is 0 Å². The van der Waals surface area contributed by atoms with Gasteiger partial charge in [0.05, 0.1) is 6.20 Å². The third kappa shape index (κ3) is 3.32. The summed E-state index contributed by atoms with van der Waals surface area (Å²) in [6.45, 7) is 1.90. The summed E-state index contributed by atoms with van der Waals surface area (Å²) in [4.78, 5) is 25.4. The Bertz CT molecular complexity index is 886. The summed E-state index contributed by atoms with van der Waals surface area (Å²) in [7, 11) is 0. The Kier molecular flexibility index (Phi) is 4.20. The quantitative estimate of drug-likeness (QED) is 0.849. The van der Waals surface area contributed by atoms with E-state index in [4.69, 9.17) is 0 Å². The van der Waals surface area contributed by atoms with Crippen LogP contribution in [0.2, 0.25) is 0 Å². The van der Waals surface area contributed by atoms with E-state index in [1.54, 1.807) is 24.7 Å². The first-order chi connectivity index (χ1) is 12.6. The predicted molar refractivity (Wildman–Crippen MR) is 98.2 cm³/mol. The molecule has 1 amide bonds. The van der Waals surface area contributed by atoms with Crippen molar-refractivity contribution in [3.63, 3.8) is 0 Å². The monoisotopic (exact) mass is 346 g/mol. The molecule has 1 unspecified atom stereocenters. The first-order valence-corrected chi connectivity index (χ1v) is 9.14. The molecule has 1 N–H and O–H groups in total. The van der Waals surface area contributed by atoms with Gasteiger partial charge in [0, 0.05) is 29.0 Å². The zero-order valence-corrected chi connectivity index (χ0v) is 15.0. The molecule has 5 heteroatoms. The molecule has 2 aromatic rings. The molecule has 2 atom stereocenters. The van der Waals surface area contributed by atoms with Gasteiger partial charge in [-0.15, -0.1) is 0 Å². The number of amides is 1. The number of aromatic nitrogens is 3. The van der Waals surface area contributed by atoms with E-state index in [9.17, 15) is 4.79 Å². The van der Waals surface area contributed by atoms with Crippen molar-refractivity contribution in [2.75, 3.05) is 0 Å². The predicted octanol–water partition coefficient (Wildman–Crippen LogP) is 3.05. The molecule has 132 valence electrons. The van der Waals surface area contributed by atoms with E-state index >= 15 is 0 Å². The number of nitrogens with one attached hydrogen (secondary N) is 1. The van der Waals surface area contributed by atoms with Crippen LogP contribution < -0.4 is 5.32 Å². The SMILES string of the molecule is Cc1cccc(C(=O)N[C@]23CCCC(C#Cc4cnccn4)(CC2)C3)n1. The van der Waals surface area contributed by atoms with Crippen molar-refractivity contribution in [3.05, 3.63) is 53.9 Å². The summed E-state index contributed by atoms with van der Waals surface area (Å²) in [5, 5.41) is 3.29. The molecule has 2 aromatic heterocycles. The number of pyridine rings is 1. The number of carbonyl (C=O) groups is 1. The van der Waals surface area contributed by atoms with E-state index in [-0.39, 0.29) is 16.9 Å².